The molecule has 0 heterocycles. The first-order valence-corrected chi connectivity index (χ1v) is 5.80. The third kappa shape index (κ3) is 5.67. The summed E-state index contributed by atoms with van der Waals surface area (Å²) in [7, 11) is 1.42. The van der Waals surface area contributed by atoms with Crippen LogP contribution in [0.1, 0.15) is 19.8 Å². The molecule has 18 heavy (non-hydrogen) atoms. The van der Waals surface area contributed by atoms with E-state index in [9.17, 15) is 13.2 Å². The monoisotopic (exact) mass is 267 g/mol. The molecule has 0 spiro atoms. The quantitative estimate of drug-likeness (QED) is 0.724. The van der Waals surface area contributed by atoms with Crippen LogP contribution in [0, 0.1) is 11.3 Å². The lowest BCUT2D eigenvalue weighted by atomic mass is 10.0. The molecule has 0 saturated heterocycles. The van der Waals surface area contributed by atoms with Crippen LogP contribution in [0.5, 0.6) is 0 Å². The molecule has 0 saturated carbocycles. The van der Waals surface area contributed by atoms with Gasteiger partial charge in [-0.25, -0.2) is 0 Å². The molecule has 0 radical (unpaired) electrons. The summed E-state index contributed by atoms with van der Waals surface area (Å²) in [4.78, 5) is 1.18. The van der Waals surface area contributed by atoms with Crippen molar-refractivity contribution < 1.29 is 17.9 Å². The van der Waals surface area contributed by atoms with E-state index in [0.717, 1.165) is 0 Å². The number of methoxy groups -OCH3 is 1. The molecule has 0 aliphatic rings. The van der Waals surface area contributed by atoms with Gasteiger partial charge in [-0.3, -0.25) is 4.90 Å². The molecule has 2 unspecified atom stereocenters. The van der Waals surface area contributed by atoms with Gasteiger partial charge in [-0.1, -0.05) is 6.92 Å². The van der Waals surface area contributed by atoms with Gasteiger partial charge in [-0.15, -0.1) is 0 Å². The van der Waals surface area contributed by atoms with Gasteiger partial charge in [-0.05, 0) is 6.42 Å². The predicted octanol–water partition coefficient (Wildman–Crippen LogP) is 1.52. The Hall–Kier alpha value is -0.840. The first-order chi connectivity index (χ1) is 8.38. The Kier molecular flexibility index (Phi) is 7.91. The Labute approximate surface area is 105 Å². The summed E-state index contributed by atoms with van der Waals surface area (Å²) in [5, 5.41) is 8.50. The topological polar surface area (TPSA) is 62.3 Å². The molecule has 0 rings (SSSR count). The minimum atomic E-state index is -4.40. The van der Waals surface area contributed by atoms with Crippen molar-refractivity contribution in [3.8, 4) is 6.07 Å². The van der Waals surface area contributed by atoms with Gasteiger partial charge in [0, 0.05) is 32.7 Å². The highest BCUT2D eigenvalue weighted by molar-refractivity contribution is 4.89. The minimum absolute atomic E-state index is 0.0345. The molecular weight excluding hydrogens is 247 g/mol. The third-order valence-electron chi connectivity index (χ3n) is 2.70. The van der Waals surface area contributed by atoms with E-state index in [4.69, 9.17) is 15.7 Å². The zero-order valence-corrected chi connectivity index (χ0v) is 10.7. The smallest absolute Gasteiger partial charge is 0.383 e. The summed E-state index contributed by atoms with van der Waals surface area (Å²) in [6, 6.07) is -0.883. The van der Waals surface area contributed by atoms with Crippen molar-refractivity contribution in [3.05, 3.63) is 0 Å². The van der Waals surface area contributed by atoms with E-state index in [1.54, 1.807) is 6.92 Å². The highest BCUT2D eigenvalue weighted by Crippen LogP contribution is 2.27. The molecule has 0 fully saturated rings. The maximum Gasteiger partial charge on any atom is 0.405 e. The van der Waals surface area contributed by atoms with Crippen LogP contribution >= 0.6 is 0 Å². The van der Waals surface area contributed by atoms with Crippen molar-refractivity contribution in [3.63, 3.8) is 0 Å². The van der Waals surface area contributed by atoms with Crippen molar-refractivity contribution in [2.24, 2.45) is 5.73 Å². The summed E-state index contributed by atoms with van der Waals surface area (Å²) in [6.45, 7) is 1.93. The molecule has 2 N–H and O–H groups in total. The number of hydrogen-bond donors (Lipinski definition) is 1. The van der Waals surface area contributed by atoms with Gasteiger partial charge in [0.2, 0.25) is 0 Å². The average Bonchev–Trinajstić information content (AvgIpc) is 2.30. The Balaban J connectivity index is 4.89. The van der Waals surface area contributed by atoms with Crippen molar-refractivity contribution in [2.75, 3.05) is 26.8 Å². The van der Waals surface area contributed by atoms with E-state index in [1.807, 2.05) is 6.07 Å². The Morgan fingerprint density at radius 1 is 1.39 bits per heavy atom. The summed E-state index contributed by atoms with van der Waals surface area (Å²) in [6.07, 6.45) is -4.15. The van der Waals surface area contributed by atoms with Gasteiger partial charge in [0.15, 0.2) is 0 Å². The maximum atomic E-state index is 13.0. The van der Waals surface area contributed by atoms with Crippen LogP contribution in [0.15, 0.2) is 0 Å². The molecule has 0 aliphatic heterocycles. The molecule has 0 aromatic carbocycles. The number of alkyl halides is 3. The van der Waals surface area contributed by atoms with Crippen molar-refractivity contribution in [1.29, 1.82) is 5.26 Å². The highest BCUT2D eigenvalue weighted by atomic mass is 19.4. The molecule has 0 aromatic rings. The fraction of sp³-hybridized carbons (Fsp3) is 0.909. The van der Waals surface area contributed by atoms with Gasteiger partial charge in [0.05, 0.1) is 12.7 Å². The second-order valence-corrected chi connectivity index (χ2v) is 4.00. The van der Waals surface area contributed by atoms with E-state index in [0.29, 0.717) is 0 Å². The van der Waals surface area contributed by atoms with Gasteiger partial charge in [0.1, 0.15) is 6.04 Å². The maximum absolute atomic E-state index is 13.0. The van der Waals surface area contributed by atoms with Crippen molar-refractivity contribution in [2.45, 2.75) is 38.0 Å². The number of halogens is 3. The van der Waals surface area contributed by atoms with Crippen LogP contribution < -0.4 is 5.73 Å². The van der Waals surface area contributed by atoms with E-state index >= 15 is 0 Å². The Bertz CT molecular complexity index is 265. The van der Waals surface area contributed by atoms with E-state index in [2.05, 4.69) is 0 Å². The predicted molar refractivity (Wildman–Crippen MR) is 61.8 cm³/mol. The first kappa shape index (κ1) is 17.2. The lowest BCUT2D eigenvalue weighted by Crippen LogP contribution is -2.56. The van der Waals surface area contributed by atoms with Crippen LogP contribution in [-0.2, 0) is 4.74 Å². The highest BCUT2D eigenvalue weighted by Gasteiger charge is 2.46. The standard InChI is InChI=1S/C11H20F3N3O/c1-3-9(16)10(11(12,13)14)17(6-4-5-15)7-8-18-2/h9-10H,3-4,6-8,16H2,1-2H3. The molecular formula is C11H20F3N3O. The largest absolute Gasteiger partial charge is 0.405 e. The molecule has 106 valence electrons. The second-order valence-electron chi connectivity index (χ2n) is 4.00. The van der Waals surface area contributed by atoms with Gasteiger partial charge < -0.3 is 10.5 Å². The summed E-state index contributed by atoms with van der Waals surface area (Å²) < 4.78 is 43.8. The zero-order chi connectivity index (χ0) is 14.2. The number of nitrogens with zero attached hydrogens (tertiary/aromatic N) is 2. The number of ether oxygens (including phenoxy) is 1. The SMILES string of the molecule is CCC(N)C(N(CCC#N)CCOC)C(F)(F)F. The molecule has 0 bridgehead atoms. The van der Waals surface area contributed by atoms with Crippen molar-refractivity contribution >= 4 is 0 Å². The van der Waals surface area contributed by atoms with E-state index in [-0.39, 0.29) is 32.5 Å². The molecule has 2 atom stereocenters. The number of rotatable bonds is 8. The summed E-state index contributed by atoms with van der Waals surface area (Å²) >= 11 is 0. The van der Waals surface area contributed by atoms with Crippen LogP contribution in [-0.4, -0.2) is 50.0 Å². The molecule has 0 aliphatic carbocycles. The van der Waals surface area contributed by atoms with Crippen LogP contribution in [0.4, 0.5) is 13.2 Å². The Morgan fingerprint density at radius 2 is 2.00 bits per heavy atom. The fourth-order valence-electron chi connectivity index (χ4n) is 1.74. The third-order valence-corrected chi connectivity index (χ3v) is 2.70. The Morgan fingerprint density at radius 3 is 2.39 bits per heavy atom. The number of hydrogen-bond acceptors (Lipinski definition) is 4. The molecule has 0 amide bonds. The molecule has 7 heteroatoms. The summed E-state index contributed by atoms with van der Waals surface area (Å²) in [5.74, 6) is 0. The molecule has 0 aromatic heterocycles. The fourth-order valence-corrected chi connectivity index (χ4v) is 1.74. The van der Waals surface area contributed by atoms with Gasteiger partial charge in [-0.2, -0.15) is 18.4 Å². The lowest BCUT2D eigenvalue weighted by Gasteiger charge is -2.35. The molecule has 4 nitrogen and oxygen atoms in total. The van der Waals surface area contributed by atoms with Crippen LogP contribution in [0.3, 0.4) is 0 Å². The number of nitrogens with two attached hydrogens (primary N) is 1. The van der Waals surface area contributed by atoms with E-state index < -0.39 is 18.3 Å². The van der Waals surface area contributed by atoms with E-state index in [1.165, 1.54) is 12.0 Å². The zero-order valence-electron chi connectivity index (χ0n) is 10.7. The van der Waals surface area contributed by atoms with Crippen LogP contribution in [0.2, 0.25) is 0 Å². The average molecular weight is 267 g/mol. The lowest BCUT2D eigenvalue weighted by molar-refractivity contribution is -0.190. The minimum Gasteiger partial charge on any atom is -0.383 e. The second kappa shape index (κ2) is 8.29. The normalized spacial score (nSPS) is 15.4. The summed E-state index contributed by atoms with van der Waals surface area (Å²) in [5.41, 5.74) is 5.56. The van der Waals surface area contributed by atoms with Gasteiger partial charge in [0.25, 0.3) is 0 Å². The number of nitriles is 1. The first-order valence-electron chi connectivity index (χ1n) is 5.80. The van der Waals surface area contributed by atoms with Crippen LogP contribution in [0.25, 0.3) is 0 Å². The van der Waals surface area contributed by atoms with Gasteiger partial charge >= 0.3 is 6.18 Å². The van der Waals surface area contributed by atoms with Crippen molar-refractivity contribution in [1.82, 2.24) is 4.90 Å².